The average Bonchev–Trinajstić information content (AvgIpc) is 2.30. The zero-order chi connectivity index (χ0) is 11.4. The van der Waals surface area contributed by atoms with Crippen LogP contribution in [0.5, 0.6) is 0 Å². The summed E-state index contributed by atoms with van der Waals surface area (Å²) in [6.45, 7) is 2.09. The summed E-state index contributed by atoms with van der Waals surface area (Å²) in [5, 5.41) is 10.4. The van der Waals surface area contributed by atoms with E-state index in [0.717, 1.165) is 25.7 Å². The van der Waals surface area contributed by atoms with Gasteiger partial charge in [-0.1, -0.05) is 49.6 Å². The second-order valence-electron chi connectivity index (χ2n) is 4.86. The van der Waals surface area contributed by atoms with Crippen molar-refractivity contribution in [2.45, 2.75) is 44.6 Å². The van der Waals surface area contributed by atoms with Crippen LogP contribution in [0.3, 0.4) is 0 Å². The SMILES string of the molecule is C/C(=C\C1(O)CCCCC1)c1ccccc1. The van der Waals surface area contributed by atoms with Gasteiger partial charge in [-0.25, -0.2) is 0 Å². The van der Waals surface area contributed by atoms with E-state index in [0.29, 0.717) is 0 Å². The quantitative estimate of drug-likeness (QED) is 0.797. The number of hydrogen-bond acceptors (Lipinski definition) is 1. The van der Waals surface area contributed by atoms with E-state index >= 15 is 0 Å². The van der Waals surface area contributed by atoms with Gasteiger partial charge in [0.2, 0.25) is 0 Å². The molecule has 1 fully saturated rings. The number of allylic oxidation sites excluding steroid dienone is 1. The molecule has 0 radical (unpaired) electrons. The molecule has 0 aliphatic heterocycles. The predicted octanol–water partition coefficient (Wildman–Crippen LogP) is 3.79. The smallest absolute Gasteiger partial charge is 0.0833 e. The van der Waals surface area contributed by atoms with Gasteiger partial charge in [0.1, 0.15) is 0 Å². The standard InChI is InChI=1S/C15H20O/c1-13(14-8-4-2-5-9-14)12-15(16)10-6-3-7-11-15/h2,4-5,8-9,12,16H,3,6-7,10-11H2,1H3/b13-12+. The van der Waals surface area contributed by atoms with Gasteiger partial charge in [0.25, 0.3) is 0 Å². The number of hydrogen-bond donors (Lipinski definition) is 1. The summed E-state index contributed by atoms with van der Waals surface area (Å²) >= 11 is 0. The van der Waals surface area contributed by atoms with E-state index in [-0.39, 0.29) is 0 Å². The van der Waals surface area contributed by atoms with Crippen molar-refractivity contribution in [3.05, 3.63) is 42.0 Å². The van der Waals surface area contributed by atoms with Gasteiger partial charge in [-0.05, 0) is 37.0 Å². The second-order valence-corrected chi connectivity index (χ2v) is 4.86. The Bertz CT molecular complexity index is 358. The maximum absolute atomic E-state index is 10.4. The third kappa shape index (κ3) is 2.73. The van der Waals surface area contributed by atoms with Gasteiger partial charge in [0.15, 0.2) is 0 Å². The zero-order valence-electron chi connectivity index (χ0n) is 9.95. The summed E-state index contributed by atoms with van der Waals surface area (Å²) in [6.07, 6.45) is 7.44. The van der Waals surface area contributed by atoms with Gasteiger partial charge in [-0.3, -0.25) is 0 Å². The molecule has 86 valence electrons. The summed E-state index contributed by atoms with van der Waals surface area (Å²) in [4.78, 5) is 0. The molecule has 0 bridgehead atoms. The van der Waals surface area contributed by atoms with Gasteiger partial charge in [0.05, 0.1) is 5.60 Å². The minimum absolute atomic E-state index is 0.557. The van der Waals surface area contributed by atoms with Gasteiger partial charge in [0, 0.05) is 0 Å². The highest BCUT2D eigenvalue weighted by atomic mass is 16.3. The lowest BCUT2D eigenvalue weighted by atomic mass is 9.83. The van der Waals surface area contributed by atoms with Gasteiger partial charge in [-0.15, -0.1) is 0 Å². The first-order chi connectivity index (χ1) is 7.70. The first-order valence-corrected chi connectivity index (χ1v) is 6.17. The van der Waals surface area contributed by atoms with Crippen molar-refractivity contribution >= 4 is 5.57 Å². The van der Waals surface area contributed by atoms with Crippen molar-refractivity contribution in [1.29, 1.82) is 0 Å². The summed E-state index contributed by atoms with van der Waals surface area (Å²) in [5.74, 6) is 0. The molecule has 1 aromatic carbocycles. The summed E-state index contributed by atoms with van der Waals surface area (Å²) in [5.41, 5.74) is 1.84. The summed E-state index contributed by atoms with van der Waals surface area (Å²) in [6, 6.07) is 10.3. The van der Waals surface area contributed by atoms with Crippen LogP contribution >= 0.6 is 0 Å². The number of benzene rings is 1. The molecule has 1 saturated carbocycles. The van der Waals surface area contributed by atoms with E-state index in [2.05, 4.69) is 25.1 Å². The number of aliphatic hydroxyl groups is 1. The van der Waals surface area contributed by atoms with Crippen molar-refractivity contribution < 1.29 is 5.11 Å². The molecule has 0 aromatic heterocycles. The molecule has 0 saturated heterocycles. The van der Waals surface area contributed by atoms with Crippen LogP contribution in [-0.4, -0.2) is 10.7 Å². The van der Waals surface area contributed by atoms with Crippen molar-refractivity contribution in [2.24, 2.45) is 0 Å². The van der Waals surface area contributed by atoms with Crippen LogP contribution in [0, 0.1) is 0 Å². The van der Waals surface area contributed by atoms with Crippen LogP contribution in [0.25, 0.3) is 5.57 Å². The molecule has 1 N–H and O–H groups in total. The second kappa shape index (κ2) is 4.84. The normalized spacial score (nSPS) is 20.8. The topological polar surface area (TPSA) is 20.2 Å². The summed E-state index contributed by atoms with van der Waals surface area (Å²) in [7, 11) is 0. The zero-order valence-corrected chi connectivity index (χ0v) is 9.95. The highest BCUT2D eigenvalue weighted by Gasteiger charge is 2.26. The van der Waals surface area contributed by atoms with E-state index in [1.165, 1.54) is 17.6 Å². The molecule has 1 aromatic rings. The van der Waals surface area contributed by atoms with Crippen molar-refractivity contribution in [3.63, 3.8) is 0 Å². The first-order valence-electron chi connectivity index (χ1n) is 6.17. The highest BCUT2D eigenvalue weighted by Crippen LogP contribution is 2.31. The Morgan fingerprint density at radius 1 is 1.12 bits per heavy atom. The fraction of sp³-hybridized carbons (Fsp3) is 0.467. The van der Waals surface area contributed by atoms with Gasteiger partial charge >= 0.3 is 0 Å². The maximum Gasteiger partial charge on any atom is 0.0833 e. The van der Waals surface area contributed by atoms with E-state index in [1.54, 1.807) is 0 Å². The fourth-order valence-corrected chi connectivity index (χ4v) is 2.50. The fourth-order valence-electron chi connectivity index (χ4n) is 2.50. The minimum atomic E-state index is -0.557. The summed E-state index contributed by atoms with van der Waals surface area (Å²) < 4.78 is 0. The Labute approximate surface area is 97.8 Å². The first kappa shape index (κ1) is 11.4. The third-order valence-corrected chi connectivity index (χ3v) is 3.43. The molecule has 2 rings (SSSR count). The van der Waals surface area contributed by atoms with Gasteiger partial charge in [-0.2, -0.15) is 0 Å². The Hall–Kier alpha value is -1.08. The van der Waals surface area contributed by atoms with Crippen LogP contribution in [-0.2, 0) is 0 Å². The lowest BCUT2D eigenvalue weighted by Crippen LogP contribution is -2.28. The van der Waals surface area contributed by atoms with Crippen molar-refractivity contribution in [2.75, 3.05) is 0 Å². The monoisotopic (exact) mass is 216 g/mol. The van der Waals surface area contributed by atoms with Crippen molar-refractivity contribution in [3.8, 4) is 0 Å². The lowest BCUT2D eigenvalue weighted by molar-refractivity contribution is 0.0518. The molecule has 1 nitrogen and oxygen atoms in total. The minimum Gasteiger partial charge on any atom is -0.386 e. The molecular formula is C15H20O. The van der Waals surface area contributed by atoms with Crippen LogP contribution in [0.2, 0.25) is 0 Å². The van der Waals surface area contributed by atoms with Gasteiger partial charge < -0.3 is 5.11 Å². The van der Waals surface area contributed by atoms with E-state index in [4.69, 9.17) is 0 Å². The molecule has 0 heterocycles. The van der Waals surface area contributed by atoms with E-state index in [9.17, 15) is 5.11 Å². The number of rotatable bonds is 2. The predicted molar refractivity (Wildman–Crippen MR) is 68.1 cm³/mol. The Morgan fingerprint density at radius 2 is 1.75 bits per heavy atom. The van der Waals surface area contributed by atoms with E-state index < -0.39 is 5.60 Å². The molecule has 1 aliphatic rings. The lowest BCUT2D eigenvalue weighted by Gasteiger charge is -2.29. The van der Waals surface area contributed by atoms with Crippen molar-refractivity contribution in [1.82, 2.24) is 0 Å². The van der Waals surface area contributed by atoms with E-state index in [1.807, 2.05) is 18.2 Å². The molecule has 0 atom stereocenters. The third-order valence-electron chi connectivity index (χ3n) is 3.43. The molecule has 1 aliphatic carbocycles. The van der Waals surface area contributed by atoms with Crippen LogP contribution in [0.1, 0.15) is 44.6 Å². The Morgan fingerprint density at radius 3 is 2.38 bits per heavy atom. The maximum atomic E-state index is 10.4. The van der Waals surface area contributed by atoms with Crippen LogP contribution in [0.15, 0.2) is 36.4 Å². The largest absolute Gasteiger partial charge is 0.386 e. The Balaban J connectivity index is 2.17. The molecule has 16 heavy (non-hydrogen) atoms. The highest BCUT2D eigenvalue weighted by molar-refractivity contribution is 5.64. The molecule has 0 amide bonds. The molecule has 1 heteroatoms. The molecule has 0 spiro atoms. The van der Waals surface area contributed by atoms with Crippen LogP contribution in [0.4, 0.5) is 0 Å². The molecule has 0 unspecified atom stereocenters. The Kier molecular flexibility index (Phi) is 3.45. The van der Waals surface area contributed by atoms with Crippen LogP contribution < -0.4 is 0 Å². The average molecular weight is 216 g/mol. The molecular weight excluding hydrogens is 196 g/mol.